The topological polar surface area (TPSA) is 35.2 Å². The zero-order valence-electron chi connectivity index (χ0n) is 11.6. The highest BCUT2D eigenvalue weighted by atomic mass is 35.5. The van der Waals surface area contributed by atoms with Crippen LogP contribution >= 0.6 is 34.8 Å². The van der Waals surface area contributed by atoms with Crippen molar-refractivity contribution in [3.05, 3.63) is 57.0 Å². The van der Waals surface area contributed by atoms with Gasteiger partial charge in [-0.15, -0.1) is 0 Å². The first kappa shape index (κ1) is 16.4. The van der Waals surface area contributed by atoms with E-state index in [0.29, 0.717) is 26.6 Å². The van der Waals surface area contributed by atoms with Crippen LogP contribution < -0.4 is 10.5 Å². The Hall–Kier alpha value is -0.930. The molecule has 2 rings (SSSR count). The summed E-state index contributed by atoms with van der Waals surface area (Å²) in [7, 11) is 0. The van der Waals surface area contributed by atoms with Gasteiger partial charge in [0.15, 0.2) is 0 Å². The van der Waals surface area contributed by atoms with Crippen molar-refractivity contribution in [2.24, 2.45) is 5.73 Å². The Bertz CT molecular complexity index is 631. The Balaban J connectivity index is 2.19. The molecule has 0 aromatic heterocycles. The minimum absolute atomic E-state index is 0.134. The first-order valence-electron chi connectivity index (χ1n) is 6.67. The van der Waals surface area contributed by atoms with E-state index in [9.17, 15) is 0 Å². The highest BCUT2D eigenvalue weighted by Gasteiger charge is 2.10. The molecule has 2 aromatic rings. The molecular weight excluding hydrogens is 329 g/mol. The van der Waals surface area contributed by atoms with Crippen molar-refractivity contribution in [1.29, 1.82) is 0 Å². The van der Waals surface area contributed by atoms with E-state index >= 15 is 0 Å². The molecule has 2 nitrogen and oxygen atoms in total. The smallest absolute Gasteiger partial charge is 0.147 e. The number of hydrogen-bond acceptors (Lipinski definition) is 2. The molecule has 21 heavy (non-hydrogen) atoms. The van der Waals surface area contributed by atoms with Crippen LogP contribution in [0.1, 0.15) is 18.9 Å². The van der Waals surface area contributed by atoms with E-state index in [1.807, 2.05) is 18.2 Å². The first-order chi connectivity index (χ1) is 10.0. The second-order valence-electron chi connectivity index (χ2n) is 4.79. The summed E-state index contributed by atoms with van der Waals surface area (Å²) in [5.41, 5.74) is 7.03. The molecule has 112 valence electrons. The monoisotopic (exact) mass is 343 g/mol. The van der Waals surface area contributed by atoms with Crippen LogP contribution in [0.5, 0.6) is 11.5 Å². The van der Waals surface area contributed by atoms with Gasteiger partial charge in [0.25, 0.3) is 0 Å². The zero-order valence-corrected chi connectivity index (χ0v) is 13.8. The Kier molecular flexibility index (Phi) is 5.77. The normalized spacial score (nSPS) is 12.2. The second kappa shape index (κ2) is 7.37. The number of ether oxygens (including phenoxy) is 1. The van der Waals surface area contributed by atoms with Gasteiger partial charge in [-0.3, -0.25) is 0 Å². The van der Waals surface area contributed by atoms with Crippen LogP contribution in [0.3, 0.4) is 0 Å². The number of halogens is 3. The minimum Gasteiger partial charge on any atom is -0.454 e. The molecule has 1 atom stereocenters. The largest absolute Gasteiger partial charge is 0.454 e. The highest BCUT2D eigenvalue weighted by molar-refractivity contribution is 6.43. The van der Waals surface area contributed by atoms with Gasteiger partial charge < -0.3 is 10.5 Å². The van der Waals surface area contributed by atoms with E-state index < -0.39 is 0 Å². The van der Waals surface area contributed by atoms with Crippen molar-refractivity contribution >= 4 is 34.8 Å². The quantitative estimate of drug-likeness (QED) is 0.753. The van der Waals surface area contributed by atoms with E-state index in [0.717, 1.165) is 18.4 Å². The lowest BCUT2D eigenvalue weighted by molar-refractivity contribution is 0.483. The van der Waals surface area contributed by atoms with Crippen molar-refractivity contribution in [3.8, 4) is 11.5 Å². The van der Waals surface area contributed by atoms with Crippen molar-refractivity contribution in [2.45, 2.75) is 25.8 Å². The lowest BCUT2D eigenvalue weighted by Crippen LogP contribution is -2.21. The van der Waals surface area contributed by atoms with Crippen molar-refractivity contribution < 1.29 is 4.74 Å². The third-order valence-corrected chi connectivity index (χ3v) is 4.25. The predicted octanol–water partition coefficient (Wildman–Crippen LogP) is 5.72. The first-order valence-corrected chi connectivity index (χ1v) is 7.80. The van der Waals surface area contributed by atoms with Crippen molar-refractivity contribution in [1.82, 2.24) is 0 Å². The van der Waals surface area contributed by atoms with Gasteiger partial charge in [0.1, 0.15) is 16.5 Å². The zero-order chi connectivity index (χ0) is 15.4. The summed E-state index contributed by atoms with van der Waals surface area (Å²) in [6, 6.07) is 11.0. The number of nitrogens with two attached hydrogens (primary N) is 1. The van der Waals surface area contributed by atoms with Gasteiger partial charge in [-0.05, 0) is 42.7 Å². The molecule has 0 aliphatic carbocycles. The van der Waals surface area contributed by atoms with Crippen LogP contribution in [0, 0.1) is 0 Å². The molecule has 1 unspecified atom stereocenters. The third kappa shape index (κ3) is 4.27. The molecule has 0 aliphatic rings. The summed E-state index contributed by atoms with van der Waals surface area (Å²) >= 11 is 18.3. The van der Waals surface area contributed by atoms with E-state index in [-0.39, 0.29) is 6.04 Å². The number of rotatable bonds is 5. The van der Waals surface area contributed by atoms with E-state index in [1.165, 1.54) is 0 Å². The number of hydrogen-bond donors (Lipinski definition) is 1. The molecule has 0 amide bonds. The fourth-order valence-electron chi connectivity index (χ4n) is 1.88. The van der Waals surface area contributed by atoms with Crippen LogP contribution in [0.25, 0.3) is 0 Å². The maximum atomic E-state index is 6.26. The maximum absolute atomic E-state index is 6.26. The van der Waals surface area contributed by atoms with Gasteiger partial charge in [0.05, 0.1) is 10.0 Å². The van der Waals surface area contributed by atoms with Crippen molar-refractivity contribution in [3.63, 3.8) is 0 Å². The van der Waals surface area contributed by atoms with Gasteiger partial charge in [0, 0.05) is 6.04 Å². The van der Waals surface area contributed by atoms with Crippen molar-refractivity contribution in [2.75, 3.05) is 0 Å². The SMILES string of the molecule is CCC(N)Cc1ccc(Oc2cccc(Cl)c2Cl)c(Cl)c1. The maximum Gasteiger partial charge on any atom is 0.147 e. The van der Waals surface area contributed by atoms with Gasteiger partial charge >= 0.3 is 0 Å². The standard InChI is InChI=1S/C16H16Cl3NO/c1-2-11(20)8-10-6-7-14(13(18)9-10)21-15-5-3-4-12(17)16(15)19/h3-7,9,11H,2,8,20H2,1H3. The van der Waals surface area contributed by atoms with E-state index in [2.05, 4.69) is 6.92 Å². The molecule has 0 bridgehead atoms. The molecule has 5 heteroatoms. The average Bonchev–Trinajstić information content (AvgIpc) is 2.46. The van der Waals surface area contributed by atoms with Crippen LogP contribution in [0.15, 0.2) is 36.4 Å². The Morgan fingerprint density at radius 3 is 2.48 bits per heavy atom. The fourth-order valence-corrected chi connectivity index (χ4v) is 2.45. The van der Waals surface area contributed by atoms with E-state index in [4.69, 9.17) is 45.3 Å². The van der Waals surface area contributed by atoms with E-state index in [1.54, 1.807) is 18.2 Å². The molecular formula is C16H16Cl3NO. The summed E-state index contributed by atoms with van der Waals surface area (Å²) < 4.78 is 5.73. The summed E-state index contributed by atoms with van der Waals surface area (Å²) in [6.07, 6.45) is 1.71. The Labute approximate surface area is 139 Å². The Morgan fingerprint density at radius 1 is 1.05 bits per heavy atom. The van der Waals surface area contributed by atoms with Gasteiger partial charge in [-0.1, -0.05) is 53.9 Å². The summed E-state index contributed by atoms with van der Waals surface area (Å²) in [5, 5.41) is 1.33. The molecule has 2 aromatic carbocycles. The summed E-state index contributed by atoms with van der Waals surface area (Å²) in [4.78, 5) is 0. The average molecular weight is 345 g/mol. The third-order valence-electron chi connectivity index (χ3n) is 3.15. The van der Waals surface area contributed by atoms with Gasteiger partial charge in [0.2, 0.25) is 0 Å². The molecule has 0 heterocycles. The van der Waals surface area contributed by atoms with Crippen LogP contribution in [-0.4, -0.2) is 6.04 Å². The van der Waals surface area contributed by atoms with Crippen LogP contribution in [0.4, 0.5) is 0 Å². The fraction of sp³-hybridized carbons (Fsp3) is 0.250. The number of benzene rings is 2. The molecule has 0 saturated carbocycles. The lowest BCUT2D eigenvalue weighted by atomic mass is 10.0. The molecule has 0 fully saturated rings. The highest BCUT2D eigenvalue weighted by Crippen LogP contribution is 2.37. The summed E-state index contributed by atoms with van der Waals surface area (Å²) in [6.45, 7) is 2.06. The molecule has 0 aliphatic heterocycles. The van der Waals surface area contributed by atoms with Crippen LogP contribution in [0.2, 0.25) is 15.1 Å². The van der Waals surface area contributed by atoms with Gasteiger partial charge in [-0.25, -0.2) is 0 Å². The van der Waals surface area contributed by atoms with Gasteiger partial charge in [-0.2, -0.15) is 0 Å². The lowest BCUT2D eigenvalue weighted by Gasteiger charge is -2.12. The van der Waals surface area contributed by atoms with Crippen LogP contribution in [-0.2, 0) is 6.42 Å². The molecule has 0 spiro atoms. The second-order valence-corrected chi connectivity index (χ2v) is 5.98. The molecule has 2 N–H and O–H groups in total. The predicted molar refractivity (Wildman–Crippen MR) is 90.0 cm³/mol. The minimum atomic E-state index is 0.134. The molecule has 0 radical (unpaired) electrons. The molecule has 0 saturated heterocycles. The summed E-state index contributed by atoms with van der Waals surface area (Å²) in [5.74, 6) is 1.01. The Morgan fingerprint density at radius 2 is 1.81 bits per heavy atom.